The molecule has 1 aromatic rings. The van der Waals surface area contributed by atoms with Crippen molar-refractivity contribution in [2.24, 2.45) is 0 Å². The Hall–Kier alpha value is -1.78. The van der Waals surface area contributed by atoms with Crippen LogP contribution >= 0.6 is 0 Å². The number of nitrogens with one attached hydrogen (secondary N) is 1. The lowest BCUT2D eigenvalue weighted by Gasteiger charge is -2.43. The largest absolute Gasteiger partial charge is 0.469 e. The third-order valence-corrected chi connectivity index (χ3v) is 4.14. The summed E-state index contributed by atoms with van der Waals surface area (Å²) in [6.45, 7) is 1.93. The summed E-state index contributed by atoms with van der Waals surface area (Å²) in [5, 5.41) is 3.01. The molecule has 5 nitrogen and oxygen atoms in total. The van der Waals surface area contributed by atoms with E-state index >= 15 is 0 Å². The Kier molecular flexibility index (Phi) is 3.05. The van der Waals surface area contributed by atoms with Crippen LogP contribution in [0.25, 0.3) is 0 Å². The minimum atomic E-state index is -0.0852. The monoisotopic (exact) mass is 262 g/mol. The van der Waals surface area contributed by atoms with E-state index in [1.54, 1.807) is 17.9 Å². The Morgan fingerprint density at radius 1 is 1.42 bits per heavy atom. The first-order valence-corrected chi connectivity index (χ1v) is 6.81. The standard InChI is InChI=1S/C14H18N2O3/c1-9-10(6-7-19-9)14(18)16-8-13(17)15-11-4-2-3-5-12(11)16/h6-7,11-12H,2-5,8H2,1H3,(H,15,17)/t11-,12+/m1/s1. The maximum atomic E-state index is 12.6. The van der Waals surface area contributed by atoms with E-state index < -0.39 is 0 Å². The molecule has 1 saturated carbocycles. The molecule has 3 rings (SSSR count). The number of piperazine rings is 1. The topological polar surface area (TPSA) is 62.6 Å². The van der Waals surface area contributed by atoms with Crippen LogP contribution in [0.5, 0.6) is 0 Å². The van der Waals surface area contributed by atoms with Gasteiger partial charge in [-0.15, -0.1) is 0 Å². The van der Waals surface area contributed by atoms with Crippen LogP contribution in [0.4, 0.5) is 0 Å². The molecule has 0 bridgehead atoms. The number of fused-ring (bicyclic) bond motifs is 1. The molecule has 0 unspecified atom stereocenters. The minimum Gasteiger partial charge on any atom is -0.469 e. The predicted molar refractivity (Wildman–Crippen MR) is 68.7 cm³/mol. The third-order valence-electron chi connectivity index (χ3n) is 4.14. The van der Waals surface area contributed by atoms with Crippen LogP contribution in [0.15, 0.2) is 16.7 Å². The second-order valence-corrected chi connectivity index (χ2v) is 5.35. The number of hydrogen-bond donors (Lipinski definition) is 1. The van der Waals surface area contributed by atoms with Crippen LogP contribution in [0.2, 0.25) is 0 Å². The molecule has 2 heterocycles. The summed E-state index contributed by atoms with van der Waals surface area (Å²) < 4.78 is 5.19. The lowest BCUT2D eigenvalue weighted by molar-refractivity contribution is -0.127. The van der Waals surface area contributed by atoms with Crippen molar-refractivity contribution in [2.75, 3.05) is 6.54 Å². The van der Waals surface area contributed by atoms with Gasteiger partial charge in [-0.1, -0.05) is 12.8 Å². The van der Waals surface area contributed by atoms with Crippen molar-refractivity contribution in [3.63, 3.8) is 0 Å². The molecule has 2 atom stereocenters. The highest BCUT2D eigenvalue weighted by Gasteiger charge is 2.39. The Labute approximate surface area is 111 Å². The summed E-state index contributed by atoms with van der Waals surface area (Å²) in [7, 11) is 0. The molecule has 1 saturated heterocycles. The molecule has 1 aromatic heterocycles. The van der Waals surface area contributed by atoms with Crippen LogP contribution in [-0.2, 0) is 4.79 Å². The van der Waals surface area contributed by atoms with Crippen LogP contribution in [0, 0.1) is 6.92 Å². The van der Waals surface area contributed by atoms with Gasteiger partial charge in [0.2, 0.25) is 5.91 Å². The van der Waals surface area contributed by atoms with Crippen molar-refractivity contribution in [3.8, 4) is 0 Å². The summed E-state index contributed by atoms with van der Waals surface area (Å²) in [4.78, 5) is 26.0. The molecule has 19 heavy (non-hydrogen) atoms. The molecule has 0 radical (unpaired) electrons. The lowest BCUT2D eigenvalue weighted by atomic mass is 9.87. The maximum Gasteiger partial charge on any atom is 0.258 e. The average molecular weight is 262 g/mol. The highest BCUT2D eigenvalue weighted by Crippen LogP contribution is 2.27. The SMILES string of the molecule is Cc1occc1C(=O)N1CC(=O)N[C@@H]2CCCC[C@@H]21. The zero-order valence-corrected chi connectivity index (χ0v) is 11.0. The zero-order chi connectivity index (χ0) is 13.4. The number of furan rings is 1. The smallest absolute Gasteiger partial charge is 0.258 e. The second-order valence-electron chi connectivity index (χ2n) is 5.35. The van der Waals surface area contributed by atoms with E-state index in [4.69, 9.17) is 4.42 Å². The van der Waals surface area contributed by atoms with E-state index in [9.17, 15) is 9.59 Å². The van der Waals surface area contributed by atoms with Crippen molar-refractivity contribution < 1.29 is 14.0 Å². The van der Waals surface area contributed by atoms with E-state index in [0.29, 0.717) is 11.3 Å². The molecule has 1 aliphatic heterocycles. The fourth-order valence-corrected chi connectivity index (χ4v) is 3.16. The van der Waals surface area contributed by atoms with E-state index in [1.807, 2.05) is 0 Å². The first-order valence-electron chi connectivity index (χ1n) is 6.81. The summed E-state index contributed by atoms with van der Waals surface area (Å²) in [6, 6.07) is 1.93. The Bertz CT molecular complexity index is 509. The van der Waals surface area contributed by atoms with E-state index in [2.05, 4.69) is 5.32 Å². The van der Waals surface area contributed by atoms with Gasteiger partial charge in [0.15, 0.2) is 0 Å². The van der Waals surface area contributed by atoms with Gasteiger partial charge in [-0.3, -0.25) is 9.59 Å². The fraction of sp³-hybridized carbons (Fsp3) is 0.571. The van der Waals surface area contributed by atoms with Crippen LogP contribution < -0.4 is 5.32 Å². The zero-order valence-electron chi connectivity index (χ0n) is 11.0. The Morgan fingerprint density at radius 2 is 2.21 bits per heavy atom. The highest BCUT2D eigenvalue weighted by molar-refractivity contribution is 5.98. The third kappa shape index (κ3) is 2.13. The normalized spacial score (nSPS) is 26.8. The molecule has 2 amide bonds. The second kappa shape index (κ2) is 4.72. The molecule has 5 heteroatoms. The molecule has 1 N–H and O–H groups in total. The molecule has 102 valence electrons. The molecule has 0 aromatic carbocycles. The first kappa shape index (κ1) is 12.3. The number of amides is 2. The number of aryl methyl sites for hydroxylation is 1. The summed E-state index contributed by atoms with van der Waals surface area (Å²) >= 11 is 0. The van der Waals surface area contributed by atoms with E-state index in [0.717, 1.165) is 25.7 Å². The van der Waals surface area contributed by atoms with Crippen LogP contribution in [-0.4, -0.2) is 35.3 Å². The molecule has 0 spiro atoms. The van der Waals surface area contributed by atoms with Crippen LogP contribution in [0.1, 0.15) is 41.8 Å². The quantitative estimate of drug-likeness (QED) is 0.833. The summed E-state index contributed by atoms with van der Waals surface area (Å²) in [5.41, 5.74) is 0.569. The number of carbonyl (C=O) groups excluding carboxylic acids is 2. The highest BCUT2D eigenvalue weighted by atomic mass is 16.3. The Morgan fingerprint density at radius 3 is 2.95 bits per heavy atom. The van der Waals surface area contributed by atoms with Gasteiger partial charge in [-0.25, -0.2) is 0 Å². The molecular weight excluding hydrogens is 244 g/mol. The molecular formula is C14H18N2O3. The van der Waals surface area contributed by atoms with Crippen molar-refractivity contribution in [1.29, 1.82) is 0 Å². The number of carbonyl (C=O) groups is 2. The van der Waals surface area contributed by atoms with Gasteiger partial charge in [0, 0.05) is 6.04 Å². The molecule has 2 fully saturated rings. The first-order chi connectivity index (χ1) is 9.16. The van der Waals surface area contributed by atoms with Crippen molar-refractivity contribution in [1.82, 2.24) is 10.2 Å². The average Bonchev–Trinajstić information content (AvgIpc) is 2.83. The molecule has 1 aliphatic carbocycles. The van der Waals surface area contributed by atoms with Gasteiger partial charge < -0.3 is 14.6 Å². The number of nitrogens with zero attached hydrogens (tertiary/aromatic N) is 1. The van der Waals surface area contributed by atoms with Crippen molar-refractivity contribution >= 4 is 11.8 Å². The Balaban J connectivity index is 1.87. The summed E-state index contributed by atoms with van der Waals surface area (Å²) in [5.74, 6) is 0.471. The minimum absolute atomic E-state index is 0.0577. The van der Waals surface area contributed by atoms with Gasteiger partial charge in [0.05, 0.1) is 17.9 Å². The maximum absolute atomic E-state index is 12.6. The van der Waals surface area contributed by atoms with Gasteiger partial charge in [-0.05, 0) is 25.8 Å². The van der Waals surface area contributed by atoms with E-state index in [1.165, 1.54) is 6.26 Å². The lowest BCUT2D eigenvalue weighted by Crippen LogP contribution is -2.62. The van der Waals surface area contributed by atoms with Crippen molar-refractivity contribution in [2.45, 2.75) is 44.7 Å². The van der Waals surface area contributed by atoms with Gasteiger partial charge in [-0.2, -0.15) is 0 Å². The summed E-state index contributed by atoms with van der Waals surface area (Å²) in [6.07, 6.45) is 5.68. The fourth-order valence-electron chi connectivity index (χ4n) is 3.16. The predicted octanol–water partition coefficient (Wildman–Crippen LogP) is 1.47. The van der Waals surface area contributed by atoms with Crippen LogP contribution in [0.3, 0.4) is 0 Å². The van der Waals surface area contributed by atoms with Crippen molar-refractivity contribution in [3.05, 3.63) is 23.7 Å². The van der Waals surface area contributed by atoms with Gasteiger partial charge in [0.25, 0.3) is 5.91 Å². The molecule has 2 aliphatic rings. The number of hydrogen-bond acceptors (Lipinski definition) is 3. The number of rotatable bonds is 1. The van der Waals surface area contributed by atoms with Gasteiger partial charge in [0.1, 0.15) is 12.3 Å². The van der Waals surface area contributed by atoms with E-state index in [-0.39, 0.29) is 30.4 Å². The van der Waals surface area contributed by atoms with Gasteiger partial charge >= 0.3 is 0 Å².